The minimum atomic E-state index is 0.464. The molecule has 1 heterocycles. The summed E-state index contributed by atoms with van der Waals surface area (Å²) in [7, 11) is 0. The highest BCUT2D eigenvalue weighted by molar-refractivity contribution is 7.13. The fraction of sp³-hybridized carbons (Fsp3) is 0.438. The molecule has 0 fully saturated rings. The molecule has 0 amide bonds. The first-order valence-corrected chi connectivity index (χ1v) is 8.43. The predicted molar refractivity (Wildman–Crippen MR) is 86.3 cm³/mol. The summed E-state index contributed by atoms with van der Waals surface area (Å²) in [6.07, 6.45) is 3.58. The molecule has 4 heteroatoms. The van der Waals surface area contributed by atoms with Crippen molar-refractivity contribution >= 4 is 22.9 Å². The van der Waals surface area contributed by atoms with Crippen LogP contribution in [0, 0.1) is 0 Å². The van der Waals surface area contributed by atoms with E-state index in [2.05, 4.69) is 24.0 Å². The lowest BCUT2D eigenvalue weighted by Gasteiger charge is -2.08. The molecule has 2 aromatic rings. The Morgan fingerprint density at radius 1 is 1.25 bits per heavy atom. The van der Waals surface area contributed by atoms with Gasteiger partial charge < -0.3 is 4.74 Å². The summed E-state index contributed by atoms with van der Waals surface area (Å²) >= 11 is 7.46. The van der Waals surface area contributed by atoms with Gasteiger partial charge in [-0.05, 0) is 12.0 Å². The maximum atomic E-state index is 5.82. The topological polar surface area (TPSA) is 22.1 Å². The summed E-state index contributed by atoms with van der Waals surface area (Å²) in [5, 5.41) is 3.04. The van der Waals surface area contributed by atoms with E-state index in [0.29, 0.717) is 12.5 Å². The lowest BCUT2D eigenvalue weighted by Crippen LogP contribution is -1.97. The Balaban J connectivity index is 2.02. The van der Waals surface area contributed by atoms with Crippen LogP contribution in [0.15, 0.2) is 29.6 Å². The lowest BCUT2D eigenvalue weighted by molar-refractivity contribution is 0.117. The number of benzene rings is 1. The Morgan fingerprint density at radius 3 is 2.85 bits per heavy atom. The van der Waals surface area contributed by atoms with Gasteiger partial charge in [0.2, 0.25) is 0 Å². The normalized spacial score (nSPS) is 10.9. The van der Waals surface area contributed by atoms with Crippen LogP contribution in [0.5, 0.6) is 0 Å². The molecule has 20 heavy (non-hydrogen) atoms. The first-order valence-electron chi connectivity index (χ1n) is 7.01. The molecule has 1 aromatic heterocycles. The standard InChI is InChI=1S/C16H20ClNOS/c1-2-3-6-9-19-11-13-7-4-5-8-15(13)16-18-14(10-17)12-20-16/h4-5,7-8,12H,2-3,6,9-11H2,1H3. The van der Waals surface area contributed by atoms with Gasteiger partial charge in [-0.15, -0.1) is 22.9 Å². The van der Waals surface area contributed by atoms with E-state index in [1.54, 1.807) is 11.3 Å². The Hall–Kier alpha value is -0.900. The SMILES string of the molecule is CCCCCOCc1ccccc1-c1nc(CCl)cs1. The number of hydrogen-bond donors (Lipinski definition) is 0. The third kappa shape index (κ3) is 4.30. The number of thiazole rings is 1. The molecule has 0 saturated heterocycles. The highest BCUT2D eigenvalue weighted by Crippen LogP contribution is 2.28. The molecule has 0 atom stereocenters. The molecule has 2 rings (SSSR count). The van der Waals surface area contributed by atoms with Crippen LogP contribution < -0.4 is 0 Å². The van der Waals surface area contributed by atoms with E-state index < -0.39 is 0 Å². The molecule has 0 aliphatic heterocycles. The molecule has 0 aliphatic rings. The van der Waals surface area contributed by atoms with Gasteiger partial charge in [0.05, 0.1) is 18.2 Å². The van der Waals surface area contributed by atoms with E-state index in [4.69, 9.17) is 16.3 Å². The fourth-order valence-corrected chi connectivity index (χ4v) is 3.09. The highest BCUT2D eigenvalue weighted by Gasteiger charge is 2.09. The monoisotopic (exact) mass is 309 g/mol. The van der Waals surface area contributed by atoms with Crippen molar-refractivity contribution in [3.8, 4) is 10.6 Å². The van der Waals surface area contributed by atoms with Crippen LogP contribution in [-0.2, 0) is 17.2 Å². The van der Waals surface area contributed by atoms with Gasteiger partial charge in [0, 0.05) is 17.6 Å². The van der Waals surface area contributed by atoms with Crippen LogP contribution in [0.1, 0.15) is 37.4 Å². The average Bonchev–Trinajstić information content (AvgIpc) is 2.96. The number of hydrogen-bond acceptors (Lipinski definition) is 3. The second-order valence-electron chi connectivity index (χ2n) is 4.69. The number of nitrogens with zero attached hydrogens (tertiary/aromatic N) is 1. The smallest absolute Gasteiger partial charge is 0.124 e. The number of unbranched alkanes of at least 4 members (excludes halogenated alkanes) is 2. The highest BCUT2D eigenvalue weighted by atomic mass is 35.5. The quantitative estimate of drug-likeness (QED) is 0.490. The maximum absolute atomic E-state index is 5.82. The Kier molecular flexibility index (Phi) is 6.51. The van der Waals surface area contributed by atoms with Gasteiger partial charge in [-0.3, -0.25) is 0 Å². The minimum Gasteiger partial charge on any atom is -0.377 e. The van der Waals surface area contributed by atoms with Crippen molar-refractivity contribution in [3.05, 3.63) is 40.9 Å². The van der Waals surface area contributed by atoms with Gasteiger partial charge in [-0.1, -0.05) is 44.0 Å². The summed E-state index contributed by atoms with van der Waals surface area (Å²) in [5.74, 6) is 0.464. The van der Waals surface area contributed by atoms with Crippen LogP contribution in [0.25, 0.3) is 10.6 Å². The Bertz CT molecular complexity index is 527. The zero-order chi connectivity index (χ0) is 14.2. The number of aromatic nitrogens is 1. The van der Waals surface area contributed by atoms with Crippen molar-refractivity contribution in [3.63, 3.8) is 0 Å². The first kappa shape index (κ1) is 15.5. The summed E-state index contributed by atoms with van der Waals surface area (Å²) in [5.41, 5.74) is 3.29. The average molecular weight is 310 g/mol. The Morgan fingerprint density at radius 2 is 2.10 bits per heavy atom. The molecular weight excluding hydrogens is 290 g/mol. The summed E-state index contributed by atoms with van der Waals surface area (Å²) in [4.78, 5) is 4.55. The summed E-state index contributed by atoms with van der Waals surface area (Å²) in [6, 6.07) is 8.29. The van der Waals surface area contributed by atoms with Gasteiger partial charge in [-0.2, -0.15) is 0 Å². The molecule has 0 N–H and O–H groups in total. The van der Waals surface area contributed by atoms with E-state index in [1.165, 1.54) is 18.4 Å². The van der Waals surface area contributed by atoms with Crippen LogP contribution in [0.2, 0.25) is 0 Å². The fourth-order valence-electron chi connectivity index (χ4n) is 1.98. The van der Waals surface area contributed by atoms with E-state index in [-0.39, 0.29) is 0 Å². The largest absolute Gasteiger partial charge is 0.377 e. The zero-order valence-corrected chi connectivity index (χ0v) is 13.3. The van der Waals surface area contributed by atoms with E-state index >= 15 is 0 Å². The minimum absolute atomic E-state index is 0.464. The van der Waals surface area contributed by atoms with Gasteiger partial charge >= 0.3 is 0 Å². The molecule has 0 aliphatic carbocycles. The molecule has 0 bridgehead atoms. The first-order chi connectivity index (χ1) is 9.85. The maximum Gasteiger partial charge on any atom is 0.124 e. The van der Waals surface area contributed by atoms with Crippen LogP contribution in [0.4, 0.5) is 0 Å². The van der Waals surface area contributed by atoms with Gasteiger partial charge in [-0.25, -0.2) is 4.98 Å². The zero-order valence-electron chi connectivity index (χ0n) is 11.8. The molecule has 0 saturated carbocycles. The van der Waals surface area contributed by atoms with E-state index in [0.717, 1.165) is 29.3 Å². The van der Waals surface area contributed by atoms with Crippen molar-refractivity contribution in [2.24, 2.45) is 0 Å². The van der Waals surface area contributed by atoms with Crippen molar-refractivity contribution < 1.29 is 4.74 Å². The molecule has 0 spiro atoms. The van der Waals surface area contributed by atoms with E-state index in [1.807, 2.05) is 17.5 Å². The predicted octanol–water partition coefficient (Wildman–Crippen LogP) is 5.26. The second-order valence-corrected chi connectivity index (χ2v) is 5.82. The number of halogens is 1. The van der Waals surface area contributed by atoms with Crippen molar-refractivity contribution in [1.29, 1.82) is 0 Å². The molecular formula is C16H20ClNOS. The summed E-state index contributed by atoms with van der Waals surface area (Å²) in [6.45, 7) is 3.68. The Labute approximate surface area is 129 Å². The molecule has 0 unspecified atom stereocenters. The van der Waals surface area contributed by atoms with Crippen LogP contribution in [0.3, 0.4) is 0 Å². The van der Waals surface area contributed by atoms with Crippen molar-refractivity contribution in [2.45, 2.75) is 38.7 Å². The van der Waals surface area contributed by atoms with Crippen molar-refractivity contribution in [2.75, 3.05) is 6.61 Å². The summed E-state index contributed by atoms with van der Waals surface area (Å²) < 4.78 is 5.77. The van der Waals surface area contributed by atoms with Gasteiger partial charge in [0.1, 0.15) is 5.01 Å². The van der Waals surface area contributed by atoms with E-state index in [9.17, 15) is 0 Å². The number of alkyl halides is 1. The van der Waals surface area contributed by atoms with Gasteiger partial charge in [0.15, 0.2) is 0 Å². The van der Waals surface area contributed by atoms with Crippen LogP contribution >= 0.6 is 22.9 Å². The lowest BCUT2D eigenvalue weighted by atomic mass is 10.1. The second kappa shape index (κ2) is 8.40. The number of ether oxygens (including phenoxy) is 1. The number of rotatable bonds is 8. The molecule has 0 radical (unpaired) electrons. The third-order valence-corrected chi connectivity index (χ3v) is 4.28. The molecule has 1 aromatic carbocycles. The van der Waals surface area contributed by atoms with Crippen molar-refractivity contribution in [1.82, 2.24) is 4.98 Å². The van der Waals surface area contributed by atoms with Gasteiger partial charge in [0.25, 0.3) is 0 Å². The van der Waals surface area contributed by atoms with Crippen LogP contribution in [-0.4, -0.2) is 11.6 Å². The third-order valence-electron chi connectivity index (χ3n) is 3.09. The molecule has 108 valence electrons. The molecule has 2 nitrogen and oxygen atoms in total.